The molecule has 0 amide bonds. The molecule has 0 aromatic carbocycles. The number of ketones is 1. The zero-order valence-electron chi connectivity index (χ0n) is 12.2. The molecule has 108 valence electrons. The molecule has 5 heteroatoms. The lowest BCUT2D eigenvalue weighted by Crippen LogP contribution is -2.38. The monoisotopic (exact) mass is 329 g/mol. The molecule has 0 bridgehead atoms. The summed E-state index contributed by atoms with van der Waals surface area (Å²) in [6.45, 7) is 8.93. The molecule has 0 saturated heterocycles. The highest BCUT2D eigenvalue weighted by Crippen LogP contribution is 2.23. The smallest absolute Gasteiger partial charge is 0.155 e. The van der Waals surface area contributed by atoms with E-state index in [0.29, 0.717) is 6.42 Å². The van der Waals surface area contributed by atoms with Gasteiger partial charge in [0.1, 0.15) is 0 Å². The Morgan fingerprint density at radius 2 is 2.05 bits per heavy atom. The van der Waals surface area contributed by atoms with Gasteiger partial charge in [0.25, 0.3) is 0 Å². The third-order valence-electron chi connectivity index (χ3n) is 3.66. The number of Topliss-reactive ketones (excluding diaryl/α,β-unsaturated/α-hetero) is 1. The number of nitrogens with two attached hydrogens (primary N) is 1. The van der Waals surface area contributed by atoms with Gasteiger partial charge in [-0.05, 0) is 35.2 Å². The van der Waals surface area contributed by atoms with E-state index in [4.69, 9.17) is 5.73 Å². The van der Waals surface area contributed by atoms with Crippen molar-refractivity contribution in [3.63, 3.8) is 0 Å². The number of halogens is 1. The van der Waals surface area contributed by atoms with Crippen LogP contribution in [0.4, 0.5) is 0 Å². The van der Waals surface area contributed by atoms with Crippen LogP contribution >= 0.6 is 15.9 Å². The van der Waals surface area contributed by atoms with Crippen LogP contribution in [0.3, 0.4) is 0 Å². The minimum Gasteiger partial charge on any atom is -0.321 e. The summed E-state index contributed by atoms with van der Waals surface area (Å²) in [5.41, 5.74) is 7.95. The van der Waals surface area contributed by atoms with Crippen LogP contribution < -0.4 is 5.73 Å². The van der Waals surface area contributed by atoms with Crippen molar-refractivity contribution in [2.75, 3.05) is 0 Å². The number of carbonyl (C=O) groups is 1. The number of hydrogen-bond donors (Lipinski definition) is 1. The van der Waals surface area contributed by atoms with E-state index in [-0.39, 0.29) is 17.7 Å². The summed E-state index contributed by atoms with van der Waals surface area (Å²) in [5.74, 6) is 0.308. The SMILES string of the molecule is CCc1nn(CC)c(CC(=O)C(N)C(C)CC)c1Br. The zero-order chi connectivity index (χ0) is 14.6. The third-order valence-corrected chi connectivity index (χ3v) is 4.58. The van der Waals surface area contributed by atoms with E-state index < -0.39 is 0 Å². The van der Waals surface area contributed by atoms with Gasteiger partial charge in [-0.2, -0.15) is 5.10 Å². The van der Waals surface area contributed by atoms with Crippen LogP contribution in [0, 0.1) is 5.92 Å². The van der Waals surface area contributed by atoms with Gasteiger partial charge in [-0.15, -0.1) is 0 Å². The second-order valence-corrected chi connectivity index (χ2v) is 5.72. The van der Waals surface area contributed by atoms with E-state index >= 15 is 0 Å². The van der Waals surface area contributed by atoms with Gasteiger partial charge in [-0.1, -0.05) is 27.2 Å². The Morgan fingerprint density at radius 1 is 1.42 bits per heavy atom. The standard InChI is InChI=1S/C14H24BrN3O/c1-5-9(4)14(16)12(19)8-11-13(15)10(6-2)17-18(11)7-3/h9,14H,5-8,16H2,1-4H3. The van der Waals surface area contributed by atoms with E-state index in [1.165, 1.54) is 0 Å². The molecule has 0 aliphatic rings. The Balaban J connectivity index is 2.93. The summed E-state index contributed by atoms with van der Waals surface area (Å²) in [4.78, 5) is 12.2. The predicted molar refractivity (Wildman–Crippen MR) is 81.1 cm³/mol. The molecule has 0 aliphatic heterocycles. The molecule has 1 rings (SSSR count). The van der Waals surface area contributed by atoms with Crippen molar-refractivity contribution in [1.82, 2.24) is 9.78 Å². The maximum atomic E-state index is 12.2. The lowest BCUT2D eigenvalue weighted by Gasteiger charge is -2.17. The number of aromatic nitrogens is 2. The van der Waals surface area contributed by atoms with Gasteiger partial charge >= 0.3 is 0 Å². The van der Waals surface area contributed by atoms with Crippen LogP contribution in [0.15, 0.2) is 4.47 Å². The molecule has 4 nitrogen and oxygen atoms in total. The van der Waals surface area contributed by atoms with Crippen molar-refractivity contribution in [2.45, 2.75) is 59.5 Å². The Kier molecular flexibility index (Phi) is 6.20. The third kappa shape index (κ3) is 3.66. The van der Waals surface area contributed by atoms with Crippen molar-refractivity contribution < 1.29 is 4.79 Å². The highest BCUT2D eigenvalue weighted by atomic mass is 79.9. The summed E-state index contributed by atoms with van der Waals surface area (Å²) in [5, 5.41) is 4.50. The summed E-state index contributed by atoms with van der Waals surface area (Å²) in [7, 11) is 0. The van der Waals surface area contributed by atoms with Crippen molar-refractivity contribution in [2.24, 2.45) is 11.7 Å². The fraction of sp³-hybridized carbons (Fsp3) is 0.714. The van der Waals surface area contributed by atoms with Crippen molar-refractivity contribution in [3.05, 3.63) is 15.9 Å². The molecule has 2 atom stereocenters. The van der Waals surface area contributed by atoms with E-state index in [1.807, 2.05) is 18.5 Å². The fourth-order valence-electron chi connectivity index (χ4n) is 2.04. The topological polar surface area (TPSA) is 60.9 Å². The molecule has 1 aromatic heterocycles. The normalized spacial score (nSPS) is 14.4. The van der Waals surface area contributed by atoms with E-state index in [9.17, 15) is 4.79 Å². The summed E-state index contributed by atoms with van der Waals surface area (Å²) in [6, 6.07) is -0.387. The Bertz CT molecular complexity index is 442. The molecule has 19 heavy (non-hydrogen) atoms. The number of hydrogen-bond acceptors (Lipinski definition) is 3. The molecule has 2 unspecified atom stereocenters. The van der Waals surface area contributed by atoms with Crippen LogP contribution in [0.25, 0.3) is 0 Å². The van der Waals surface area contributed by atoms with Gasteiger partial charge in [-0.25, -0.2) is 0 Å². The average Bonchev–Trinajstić information content (AvgIpc) is 2.73. The number of aryl methyl sites for hydroxylation is 2. The second-order valence-electron chi connectivity index (χ2n) is 4.93. The van der Waals surface area contributed by atoms with Gasteiger partial charge in [0.15, 0.2) is 5.78 Å². The van der Waals surface area contributed by atoms with Crippen LogP contribution in [-0.4, -0.2) is 21.6 Å². The molecule has 0 radical (unpaired) electrons. The van der Waals surface area contributed by atoms with Gasteiger partial charge in [-0.3, -0.25) is 9.48 Å². The van der Waals surface area contributed by atoms with Gasteiger partial charge in [0.2, 0.25) is 0 Å². The van der Waals surface area contributed by atoms with E-state index in [0.717, 1.165) is 35.2 Å². The molecule has 1 aromatic rings. The molecule has 2 N–H and O–H groups in total. The zero-order valence-corrected chi connectivity index (χ0v) is 13.8. The highest BCUT2D eigenvalue weighted by Gasteiger charge is 2.23. The minimum atomic E-state index is -0.387. The van der Waals surface area contributed by atoms with Crippen LogP contribution in [-0.2, 0) is 24.2 Å². The first-order valence-electron chi connectivity index (χ1n) is 6.98. The largest absolute Gasteiger partial charge is 0.321 e. The van der Waals surface area contributed by atoms with Gasteiger partial charge in [0.05, 0.1) is 28.3 Å². The summed E-state index contributed by atoms with van der Waals surface area (Å²) in [6.07, 6.45) is 2.13. The molecule has 0 spiro atoms. The van der Waals surface area contributed by atoms with Gasteiger partial charge < -0.3 is 5.73 Å². The molecular weight excluding hydrogens is 306 g/mol. The highest BCUT2D eigenvalue weighted by molar-refractivity contribution is 9.10. The molecule has 1 heterocycles. The molecule has 0 aliphatic carbocycles. The lowest BCUT2D eigenvalue weighted by molar-refractivity contribution is -0.120. The molecule has 0 saturated carbocycles. The quantitative estimate of drug-likeness (QED) is 0.836. The van der Waals surface area contributed by atoms with E-state index in [2.05, 4.69) is 34.9 Å². The first-order chi connectivity index (χ1) is 8.96. The summed E-state index contributed by atoms with van der Waals surface area (Å²) < 4.78 is 2.85. The first-order valence-corrected chi connectivity index (χ1v) is 7.77. The average molecular weight is 330 g/mol. The van der Waals surface area contributed by atoms with Crippen molar-refractivity contribution in [1.29, 1.82) is 0 Å². The van der Waals surface area contributed by atoms with Crippen molar-refractivity contribution >= 4 is 21.7 Å². The maximum absolute atomic E-state index is 12.2. The first kappa shape index (κ1) is 16.4. The molecule has 0 fully saturated rings. The van der Waals surface area contributed by atoms with Crippen LogP contribution in [0.2, 0.25) is 0 Å². The number of rotatable bonds is 7. The van der Waals surface area contributed by atoms with Gasteiger partial charge in [0, 0.05) is 6.54 Å². The fourth-order valence-corrected chi connectivity index (χ4v) is 2.74. The second kappa shape index (κ2) is 7.20. The van der Waals surface area contributed by atoms with Crippen molar-refractivity contribution in [3.8, 4) is 0 Å². The maximum Gasteiger partial charge on any atom is 0.155 e. The number of carbonyl (C=O) groups excluding carboxylic acids is 1. The van der Waals surface area contributed by atoms with Crippen LogP contribution in [0.1, 0.15) is 45.5 Å². The van der Waals surface area contributed by atoms with E-state index in [1.54, 1.807) is 0 Å². The molecular formula is C14H24BrN3O. The Labute approximate surface area is 123 Å². The van der Waals surface area contributed by atoms with Crippen LogP contribution in [0.5, 0.6) is 0 Å². The minimum absolute atomic E-state index is 0.0901. The Morgan fingerprint density at radius 3 is 2.53 bits per heavy atom. The number of nitrogens with zero attached hydrogens (tertiary/aromatic N) is 2. The summed E-state index contributed by atoms with van der Waals surface area (Å²) >= 11 is 3.56. The lowest BCUT2D eigenvalue weighted by atomic mass is 9.94. The Hall–Kier alpha value is -0.680. The predicted octanol–water partition coefficient (Wildman–Crippen LogP) is 2.71.